The molecule has 1 aromatic heterocycles. The fourth-order valence-corrected chi connectivity index (χ4v) is 8.52. The fourth-order valence-electron chi connectivity index (χ4n) is 3.65. The van der Waals surface area contributed by atoms with Crippen molar-refractivity contribution in [2.45, 2.75) is 48.5 Å². The number of thioether (sulfide) groups is 1. The van der Waals surface area contributed by atoms with Crippen LogP contribution >= 0.6 is 34.7 Å². The van der Waals surface area contributed by atoms with E-state index in [0.717, 1.165) is 26.1 Å². The number of fused-ring (bicyclic) bond motifs is 1. The third-order valence-corrected chi connectivity index (χ3v) is 10.2. The number of hydrogen-bond donors (Lipinski definition) is 1. The Morgan fingerprint density at radius 1 is 1.24 bits per heavy atom. The van der Waals surface area contributed by atoms with Gasteiger partial charge in [0.05, 0.1) is 0 Å². The summed E-state index contributed by atoms with van der Waals surface area (Å²) in [5, 5.41) is 10.2. The normalized spacial score (nSPS) is 12.9. The number of benzene rings is 2. The van der Waals surface area contributed by atoms with Crippen LogP contribution in [0.3, 0.4) is 0 Å². The minimum atomic E-state index is -3.67. The summed E-state index contributed by atoms with van der Waals surface area (Å²) in [5.74, 6) is -0.504. The summed E-state index contributed by atoms with van der Waals surface area (Å²) in [6.45, 7) is 8.07. The summed E-state index contributed by atoms with van der Waals surface area (Å²) in [4.78, 5) is 11.7. The Morgan fingerprint density at radius 2 is 1.97 bits per heavy atom. The third-order valence-electron chi connectivity index (χ3n) is 5.20. The van der Waals surface area contributed by atoms with Gasteiger partial charge < -0.3 is 9.84 Å². The maximum atomic E-state index is 13.6. The zero-order valence-corrected chi connectivity index (χ0v) is 22.7. The second-order valence-electron chi connectivity index (χ2n) is 8.06. The molecule has 1 atom stereocenters. The molecule has 0 saturated carbocycles. The third kappa shape index (κ3) is 6.26. The molecular weight excluding hydrogens is 514 g/mol. The molecule has 2 aromatic carbocycles. The average molecular weight is 542 g/mol. The van der Waals surface area contributed by atoms with Crippen LogP contribution in [0.2, 0.25) is 5.02 Å². The van der Waals surface area contributed by atoms with Crippen LogP contribution in [0.5, 0.6) is 5.75 Å². The first kappa shape index (κ1) is 26.8. The molecule has 0 aliphatic heterocycles. The van der Waals surface area contributed by atoms with Crippen molar-refractivity contribution in [3.8, 4) is 5.75 Å². The minimum Gasteiger partial charge on any atom is -0.482 e. The van der Waals surface area contributed by atoms with Gasteiger partial charge in [-0.25, -0.2) is 13.2 Å². The van der Waals surface area contributed by atoms with Crippen molar-refractivity contribution in [1.29, 1.82) is 0 Å². The highest BCUT2D eigenvalue weighted by atomic mass is 35.5. The molecule has 0 amide bonds. The van der Waals surface area contributed by atoms with Gasteiger partial charge in [0.15, 0.2) is 6.61 Å². The van der Waals surface area contributed by atoms with Crippen LogP contribution in [-0.4, -0.2) is 48.7 Å². The molecule has 0 radical (unpaired) electrons. The number of carboxylic acids is 1. The fraction of sp³-hybridized carbons (Fsp3) is 0.375. The molecule has 1 heterocycles. The lowest BCUT2D eigenvalue weighted by atomic mass is 10.2. The van der Waals surface area contributed by atoms with Gasteiger partial charge in [-0.2, -0.15) is 4.31 Å². The molecule has 34 heavy (non-hydrogen) atoms. The van der Waals surface area contributed by atoms with E-state index in [4.69, 9.17) is 21.4 Å². The molecule has 0 bridgehead atoms. The largest absolute Gasteiger partial charge is 0.482 e. The van der Waals surface area contributed by atoms with Crippen LogP contribution in [0.1, 0.15) is 31.4 Å². The number of thiophene rings is 1. The topological polar surface area (TPSA) is 83.9 Å². The van der Waals surface area contributed by atoms with E-state index >= 15 is 0 Å². The molecule has 0 saturated heterocycles. The minimum absolute atomic E-state index is 0.00404. The SMILES string of the molecule is CCCN(C[C@H](C)Sc1ccc(OCC(=O)O)c(C)c1)S(=O)(=O)c1sc2ccc(Cl)cc2c1C. The van der Waals surface area contributed by atoms with Crippen molar-refractivity contribution >= 4 is 60.8 Å². The van der Waals surface area contributed by atoms with Gasteiger partial charge in [0.2, 0.25) is 0 Å². The first-order chi connectivity index (χ1) is 16.0. The number of rotatable bonds is 11. The van der Waals surface area contributed by atoms with E-state index in [9.17, 15) is 13.2 Å². The zero-order valence-electron chi connectivity index (χ0n) is 19.5. The number of carbonyl (C=O) groups is 1. The molecule has 0 aliphatic rings. The first-order valence-corrected chi connectivity index (χ1v) is 14.3. The van der Waals surface area contributed by atoms with Crippen LogP contribution in [0.15, 0.2) is 45.5 Å². The lowest BCUT2D eigenvalue weighted by Gasteiger charge is -2.24. The number of sulfonamides is 1. The van der Waals surface area contributed by atoms with Gasteiger partial charge in [-0.3, -0.25) is 0 Å². The van der Waals surface area contributed by atoms with E-state index in [1.165, 1.54) is 11.3 Å². The van der Waals surface area contributed by atoms with Gasteiger partial charge in [0, 0.05) is 33.0 Å². The molecule has 0 spiro atoms. The lowest BCUT2D eigenvalue weighted by molar-refractivity contribution is -0.139. The molecule has 6 nitrogen and oxygen atoms in total. The maximum absolute atomic E-state index is 13.6. The Labute approximate surface area is 213 Å². The Balaban J connectivity index is 1.78. The van der Waals surface area contributed by atoms with Crippen molar-refractivity contribution < 1.29 is 23.1 Å². The predicted molar refractivity (Wildman–Crippen MR) is 140 cm³/mol. The van der Waals surface area contributed by atoms with Crippen LogP contribution in [0.25, 0.3) is 10.1 Å². The molecule has 3 rings (SSSR count). The standard InChI is InChI=1S/C24H28ClNO5S3/c1-5-10-26(34(29,30)24-17(4)20-12-18(25)6-9-22(20)33-24)13-16(3)32-19-7-8-21(15(2)11-19)31-14-23(27)28/h6-9,11-12,16H,5,10,13-14H2,1-4H3,(H,27,28)/t16-/m0/s1. The summed E-state index contributed by atoms with van der Waals surface area (Å²) in [6.07, 6.45) is 0.709. The van der Waals surface area contributed by atoms with Crippen molar-refractivity contribution in [3.05, 3.63) is 52.5 Å². The Bertz CT molecular complexity index is 1290. The second-order valence-corrected chi connectivity index (χ2v) is 13.2. The molecule has 10 heteroatoms. The summed E-state index contributed by atoms with van der Waals surface area (Å²) < 4.78 is 35.4. The Morgan fingerprint density at radius 3 is 2.62 bits per heavy atom. The number of nitrogens with zero attached hydrogens (tertiary/aromatic N) is 1. The Kier molecular flexibility index (Phi) is 8.92. The predicted octanol–water partition coefficient (Wildman–Crippen LogP) is 6.22. The second kappa shape index (κ2) is 11.3. The maximum Gasteiger partial charge on any atom is 0.341 e. The number of carboxylic acid groups (broad SMARTS) is 1. The van der Waals surface area contributed by atoms with Gasteiger partial charge in [-0.1, -0.05) is 25.4 Å². The van der Waals surface area contributed by atoms with Gasteiger partial charge in [0.1, 0.15) is 9.96 Å². The summed E-state index contributed by atoms with van der Waals surface area (Å²) in [7, 11) is -3.67. The molecule has 0 fully saturated rings. The molecule has 1 N–H and O–H groups in total. The summed E-state index contributed by atoms with van der Waals surface area (Å²) in [6, 6.07) is 11.0. The number of aryl methyl sites for hydroxylation is 2. The monoisotopic (exact) mass is 541 g/mol. The first-order valence-electron chi connectivity index (χ1n) is 10.8. The van der Waals surface area contributed by atoms with E-state index in [1.54, 1.807) is 28.2 Å². The molecule has 0 aliphatic carbocycles. The van der Waals surface area contributed by atoms with E-state index in [-0.39, 0.29) is 5.25 Å². The van der Waals surface area contributed by atoms with Crippen LogP contribution < -0.4 is 4.74 Å². The molecule has 0 unspecified atom stereocenters. The van der Waals surface area contributed by atoms with E-state index < -0.39 is 22.6 Å². The number of halogens is 1. The highest BCUT2D eigenvalue weighted by Crippen LogP contribution is 2.37. The average Bonchev–Trinajstić information content (AvgIpc) is 3.09. The van der Waals surface area contributed by atoms with Crippen LogP contribution in [0.4, 0.5) is 0 Å². The summed E-state index contributed by atoms with van der Waals surface area (Å²) in [5.41, 5.74) is 1.56. The van der Waals surface area contributed by atoms with Gasteiger partial charge in [-0.15, -0.1) is 23.1 Å². The molecule has 184 valence electrons. The molecular formula is C24H28ClNO5S3. The van der Waals surface area contributed by atoms with Crippen molar-refractivity contribution in [2.24, 2.45) is 0 Å². The van der Waals surface area contributed by atoms with Crippen LogP contribution in [0, 0.1) is 13.8 Å². The zero-order chi connectivity index (χ0) is 25.0. The number of hydrogen-bond acceptors (Lipinski definition) is 6. The smallest absolute Gasteiger partial charge is 0.341 e. The van der Waals surface area contributed by atoms with E-state index in [1.807, 2.05) is 52.0 Å². The quantitative estimate of drug-likeness (QED) is 0.290. The van der Waals surface area contributed by atoms with Crippen LogP contribution in [-0.2, 0) is 14.8 Å². The molecule has 3 aromatic rings. The van der Waals surface area contributed by atoms with Crippen molar-refractivity contribution in [1.82, 2.24) is 4.31 Å². The number of aliphatic carboxylic acids is 1. The van der Waals surface area contributed by atoms with E-state index in [0.29, 0.717) is 34.5 Å². The van der Waals surface area contributed by atoms with Crippen molar-refractivity contribution in [2.75, 3.05) is 19.7 Å². The Hall–Kier alpha value is -1.78. The lowest BCUT2D eigenvalue weighted by Crippen LogP contribution is -2.36. The summed E-state index contributed by atoms with van der Waals surface area (Å²) >= 11 is 8.99. The highest BCUT2D eigenvalue weighted by molar-refractivity contribution is 8.00. The van der Waals surface area contributed by atoms with Gasteiger partial charge in [0.25, 0.3) is 10.0 Å². The highest BCUT2D eigenvalue weighted by Gasteiger charge is 2.30. The van der Waals surface area contributed by atoms with Gasteiger partial charge in [-0.05, 0) is 73.2 Å². The van der Waals surface area contributed by atoms with E-state index in [2.05, 4.69) is 0 Å². The van der Waals surface area contributed by atoms with Gasteiger partial charge >= 0.3 is 5.97 Å². The van der Waals surface area contributed by atoms with Crippen molar-refractivity contribution in [3.63, 3.8) is 0 Å². The number of ether oxygens (including phenoxy) is 1.